The second-order valence-corrected chi connectivity index (χ2v) is 6.76. The largest absolute Gasteiger partial charge is 0.329 e. The number of amides is 3. The molecular formula is C20H18BrN3O2. The van der Waals surface area contributed by atoms with E-state index < -0.39 is 6.03 Å². The molecule has 3 aromatic rings. The lowest BCUT2D eigenvalue weighted by molar-refractivity contribution is -0.115. The molecule has 5 nitrogen and oxygen atoms in total. The first-order valence-electron chi connectivity index (χ1n) is 8.11. The van der Waals surface area contributed by atoms with Gasteiger partial charge in [-0.15, -0.1) is 0 Å². The van der Waals surface area contributed by atoms with Crippen LogP contribution in [0.25, 0.3) is 10.8 Å². The quantitative estimate of drug-likeness (QED) is 0.583. The number of carbonyl (C=O) groups is 2. The average Bonchev–Trinajstić information content (AvgIpc) is 2.63. The molecule has 0 bridgehead atoms. The topological polar surface area (TPSA) is 70.2 Å². The van der Waals surface area contributed by atoms with E-state index in [4.69, 9.17) is 0 Å². The molecule has 0 saturated carbocycles. The standard InChI is InChI=1S/C20H18BrN3O2/c1-13-11-15(21)9-10-17(13)23-19(25)12-22-20(26)24-18-8-4-6-14-5-2-3-7-16(14)18/h2-11H,12H2,1H3,(H,23,25)(H2,22,24,26). The van der Waals surface area contributed by atoms with Gasteiger partial charge in [-0.05, 0) is 42.1 Å². The second-order valence-electron chi connectivity index (χ2n) is 5.84. The van der Waals surface area contributed by atoms with E-state index in [0.29, 0.717) is 5.69 Å². The summed E-state index contributed by atoms with van der Waals surface area (Å²) >= 11 is 3.38. The molecule has 0 heterocycles. The highest BCUT2D eigenvalue weighted by molar-refractivity contribution is 9.10. The Balaban J connectivity index is 1.57. The van der Waals surface area contributed by atoms with Crippen molar-refractivity contribution in [1.29, 1.82) is 0 Å². The molecule has 132 valence electrons. The maximum Gasteiger partial charge on any atom is 0.319 e. The first-order chi connectivity index (χ1) is 12.5. The third-order valence-corrected chi connectivity index (χ3v) is 4.40. The summed E-state index contributed by atoms with van der Waals surface area (Å²) in [6.45, 7) is 1.78. The Morgan fingerprint density at radius 2 is 1.69 bits per heavy atom. The zero-order valence-electron chi connectivity index (χ0n) is 14.2. The monoisotopic (exact) mass is 411 g/mol. The molecule has 0 aliphatic carbocycles. The number of benzene rings is 3. The van der Waals surface area contributed by atoms with Crippen molar-refractivity contribution in [3.05, 3.63) is 70.7 Å². The van der Waals surface area contributed by atoms with Gasteiger partial charge in [-0.1, -0.05) is 52.3 Å². The van der Waals surface area contributed by atoms with Crippen LogP contribution in [0.3, 0.4) is 0 Å². The SMILES string of the molecule is Cc1cc(Br)ccc1NC(=O)CNC(=O)Nc1cccc2ccccc12. The van der Waals surface area contributed by atoms with Gasteiger partial charge in [0.2, 0.25) is 5.91 Å². The summed E-state index contributed by atoms with van der Waals surface area (Å²) in [4.78, 5) is 24.2. The number of carbonyl (C=O) groups excluding carboxylic acids is 2. The summed E-state index contributed by atoms with van der Waals surface area (Å²) in [5.74, 6) is -0.288. The van der Waals surface area contributed by atoms with Crippen molar-refractivity contribution in [2.24, 2.45) is 0 Å². The predicted molar refractivity (Wildman–Crippen MR) is 108 cm³/mol. The smallest absolute Gasteiger partial charge is 0.319 e. The molecule has 3 amide bonds. The van der Waals surface area contributed by atoms with Gasteiger partial charge in [0.15, 0.2) is 0 Å². The zero-order chi connectivity index (χ0) is 18.5. The van der Waals surface area contributed by atoms with Gasteiger partial charge in [0.25, 0.3) is 0 Å². The summed E-state index contributed by atoms with van der Waals surface area (Å²) < 4.78 is 0.945. The van der Waals surface area contributed by atoms with Crippen molar-refractivity contribution in [3.8, 4) is 0 Å². The predicted octanol–water partition coefficient (Wildman–Crippen LogP) is 4.67. The van der Waals surface area contributed by atoms with Gasteiger partial charge in [0.05, 0.1) is 12.2 Å². The van der Waals surface area contributed by atoms with Gasteiger partial charge in [-0.25, -0.2) is 4.79 Å². The van der Waals surface area contributed by atoms with Crippen LogP contribution in [0.15, 0.2) is 65.1 Å². The molecule has 0 aliphatic rings. The minimum atomic E-state index is -0.427. The van der Waals surface area contributed by atoms with E-state index in [1.165, 1.54) is 0 Å². The van der Waals surface area contributed by atoms with E-state index in [9.17, 15) is 9.59 Å². The lowest BCUT2D eigenvalue weighted by Gasteiger charge is -2.11. The molecule has 0 fully saturated rings. The van der Waals surface area contributed by atoms with Crippen LogP contribution in [-0.4, -0.2) is 18.5 Å². The van der Waals surface area contributed by atoms with Crippen LogP contribution in [0.4, 0.5) is 16.2 Å². The molecule has 0 unspecified atom stereocenters. The van der Waals surface area contributed by atoms with Crippen molar-refractivity contribution in [1.82, 2.24) is 5.32 Å². The van der Waals surface area contributed by atoms with Gasteiger partial charge in [0, 0.05) is 15.5 Å². The first kappa shape index (κ1) is 17.9. The number of rotatable bonds is 4. The van der Waals surface area contributed by atoms with Gasteiger partial charge in [-0.3, -0.25) is 4.79 Å². The molecular weight excluding hydrogens is 394 g/mol. The number of fused-ring (bicyclic) bond motifs is 1. The molecule has 3 rings (SSSR count). The number of nitrogens with one attached hydrogen (secondary N) is 3. The van der Waals surface area contributed by atoms with Gasteiger partial charge >= 0.3 is 6.03 Å². The molecule has 3 aromatic carbocycles. The Hall–Kier alpha value is -2.86. The maximum atomic E-state index is 12.1. The normalized spacial score (nSPS) is 10.4. The fourth-order valence-electron chi connectivity index (χ4n) is 2.62. The summed E-state index contributed by atoms with van der Waals surface area (Å²) in [5.41, 5.74) is 2.35. The van der Waals surface area contributed by atoms with Crippen LogP contribution in [0.1, 0.15) is 5.56 Å². The average molecular weight is 412 g/mol. The van der Waals surface area contributed by atoms with Crippen molar-refractivity contribution in [3.63, 3.8) is 0 Å². The highest BCUT2D eigenvalue weighted by Gasteiger charge is 2.09. The summed E-state index contributed by atoms with van der Waals surface area (Å²) in [7, 11) is 0. The fraction of sp³-hybridized carbons (Fsp3) is 0.100. The summed E-state index contributed by atoms with van der Waals surface area (Å²) in [6.07, 6.45) is 0. The minimum Gasteiger partial charge on any atom is -0.329 e. The molecule has 0 atom stereocenters. The van der Waals surface area contributed by atoms with Gasteiger partial charge < -0.3 is 16.0 Å². The zero-order valence-corrected chi connectivity index (χ0v) is 15.8. The highest BCUT2D eigenvalue weighted by Crippen LogP contribution is 2.23. The number of anilines is 2. The third kappa shape index (κ3) is 4.40. The highest BCUT2D eigenvalue weighted by atomic mass is 79.9. The number of halogens is 1. The lowest BCUT2D eigenvalue weighted by atomic mass is 10.1. The summed E-state index contributed by atoms with van der Waals surface area (Å²) in [5, 5.41) is 10.1. The Bertz CT molecular complexity index is 967. The van der Waals surface area contributed by atoms with E-state index in [0.717, 1.165) is 26.5 Å². The lowest BCUT2D eigenvalue weighted by Crippen LogP contribution is -2.35. The number of aryl methyl sites for hydroxylation is 1. The Morgan fingerprint density at radius 3 is 2.50 bits per heavy atom. The number of urea groups is 1. The molecule has 26 heavy (non-hydrogen) atoms. The van der Waals surface area contributed by atoms with E-state index in [2.05, 4.69) is 31.9 Å². The molecule has 0 aliphatic heterocycles. The molecule has 6 heteroatoms. The van der Waals surface area contributed by atoms with Gasteiger partial charge in [0.1, 0.15) is 0 Å². The minimum absolute atomic E-state index is 0.119. The number of hydrogen-bond acceptors (Lipinski definition) is 2. The molecule has 3 N–H and O–H groups in total. The summed E-state index contributed by atoms with van der Waals surface area (Å²) in [6, 6.07) is 18.6. The van der Waals surface area contributed by atoms with Crippen molar-refractivity contribution >= 4 is 50.0 Å². The fourth-order valence-corrected chi connectivity index (χ4v) is 3.10. The van der Waals surface area contributed by atoms with E-state index in [1.54, 1.807) is 0 Å². The maximum absolute atomic E-state index is 12.1. The van der Waals surface area contributed by atoms with E-state index >= 15 is 0 Å². The van der Waals surface area contributed by atoms with Crippen LogP contribution in [0.2, 0.25) is 0 Å². The van der Waals surface area contributed by atoms with E-state index in [1.807, 2.05) is 67.6 Å². The Labute approximate surface area is 159 Å². The van der Waals surface area contributed by atoms with E-state index in [-0.39, 0.29) is 12.5 Å². The van der Waals surface area contributed by atoms with Crippen LogP contribution < -0.4 is 16.0 Å². The second kappa shape index (κ2) is 8.01. The van der Waals surface area contributed by atoms with Crippen molar-refractivity contribution in [2.45, 2.75) is 6.92 Å². The van der Waals surface area contributed by atoms with Crippen molar-refractivity contribution < 1.29 is 9.59 Å². The molecule has 0 spiro atoms. The first-order valence-corrected chi connectivity index (χ1v) is 8.91. The number of hydrogen-bond donors (Lipinski definition) is 3. The third-order valence-electron chi connectivity index (χ3n) is 3.91. The molecule has 0 saturated heterocycles. The van der Waals surface area contributed by atoms with Crippen LogP contribution >= 0.6 is 15.9 Å². The van der Waals surface area contributed by atoms with Crippen LogP contribution in [0, 0.1) is 6.92 Å². The van der Waals surface area contributed by atoms with Crippen molar-refractivity contribution in [2.75, 3.05) is 17.2 Å². The van der Waals surface area contributed by atoms with Crippen LogP contribution in [0.5, 0.6) is 0 Å². The van der Waals surface area contributed by atoms with Crippen LogP contribution in [-0.2, 0) is 4.79 Å². The Kier molecular flexibility index (Phi) is 5.53. The Morgan fingerprint density at radius 1 is 0.923 bits per heavy atom. The molecule has 0 aromatic heterocycles. The molecule has 0 radical (unpaired) electrons. The van der Waals surface area contributed by atoms with Gasteiger partial charge in [-0.2, -0.15) is 0 Å².